The van der Waals surface area contributed by atoms with Crippen molar-refractivity contribution in [1.82, 2.24) is 20.2 Å². The number of rotatable bonds is 2. The molecule has 1 heterocycles. The van der Waals surface area contributed by atoms with E-state index in [4.69, 9.17) is 5.11 Å². The number of nitrogens with zero attached hydrogens (tertiary/aromatic N) is 4. The zero-order valence-electron chi connectivity index (χ0n) is 8.05. The summed E-state index contributed by atoms with van der Waals surface area (Å²) < 4.78 is 0. The third-order valence-corrected chi connectivity index (χ3v) is 1.41. The van der Waals surface area contributed by atoms with Crippen LogP contribution in [-0.2, 0) is 10.3 Å². The molecule has 7 nitrogen and oxygen atoms in total. The van der Waals surface area contributed by atoms with Gasteiger partial charge < -0.3 is 5.11 Å². The van der Waals surface area contributed by atoms with E-state index in [2.05, 4.69) is 15.4 Å². The second-order valence-corrected chi connectivity index (χ2v) is 3.71. The monoisotopic (exact) mass is 198 g/mol. The molecule has 0 amide bonds. The van der Waals surface area contributed by atoms with Crippen molar-refractivity contribution in [2.45, 2.75) is 26.3 Å². The highest BCUT2D eigenvalue weighted by molar-refractivity contribution is 6.38. The first-order chi connectivity index (χ1) is 6.32. The quantitative estimate of drug-likeness (QED) is 0.517. The Bertz CT molecular complexity index is 377. The Morgan fingerprint density at radius 2 is 1.93 bits per heavy atom. The van der Waals surface area contributed by atoms with Gasteiger partial charge in [0.05, 0.1) is 5.54 Å². The minimum Gasteiger partial charge on any atom is -0.475 e. The Kier molecular flexibility index (Phi) is 2.33. The van der Waals surface area contributed by atoms with Crippen LogP contribution in [0.1, 0.15) is 31.4 Å². The van der Waals surface area contributed by atoms with Crippen molar-refractivity contribution in [2.24, 2.45) is 0 Å². The van der Waals surface area contributed by atoms with Gasteiger partial charge in [-0.1, -0.05) is 0 Å². The van der Waals surface area contributed by atoms with Crippen LogP contribution >= 0.6 is 0 Å². The number of hydrogen-bond donors (Lipinski definition) is 1. The van der Waals surface area contributed by atoms with Crippen molar-refractivity contribution in [1.29, 1.82) is 0 Å². The van der Waals surface area contributed by atoms with Gasteiger partial charge in [0.25, 0.3) is 5.82 Å². The van der Waals surface area contributed by atoms with Crippen LogP contribution in [0.3, 0.4) is 0 Å². The molecule has 0 aromatic carbocycles. The fourth-order valence-electron chi connectivity index (χ4n) is 0.685. The molecule has 0 aliphatic heterocycles. The van der Waals surface area contributed by atoms with Gasteiger partial charge in [-0.25, -0.2) is 4.79 Å². The molecule has 1 N–H and O–H groups in total. The van der Waals surface area contributed by atoms with Crippen molar-refractivity contribution in [3.05, 3.63) is 5.82 Å². The van der Waals surface area contributed by atoms with Gasteiger partial charge in [-0.2, -0.15) is 4.80 Å². The molecule has 0 unspecified atom stereocenters. The molecule has 0 saturated carbocycles. The summed E-state index contributed by atoms with van der Waals surface area (Å²) in [5.74, 6) is -3.13. The molecule has 0 aliphatic carbocycles. The zero-order valence-corrected chi connectivity index (χ0v) is 8.05. The minimum atomic E-state index is -1.58. The zero-order chi connectivity index (χ0) is 10.9. The maximum absolute atomic E-state index is 10.9. The molecule has 0 fully saturated rings. The van der Waals surface area contributed by atoms with E-state index in [1.54, 1.807) is 0 Å². The number of aliphatic carboxylic acids is 1. The van der Waals surface area contributed by atoms with Gasteiger partial charge in [0, 0.05) is 0 Å². The Hall–Kier alpha value is -1.79. The third-order valence-electron chi connectivity index (χ3n) is 1.41. The summed E-state index contributed by atoms with van der Waals surface area (Å²) in [5, 5.41) is 19.0. The lowest BCUT2D eigenvalue weighted by Crippen LogP contribution is -2.25. The van der Waals surface area contributed by atoms with E-state index in [1.807, 2.05) is 20.8 Å². The molecule has 0 saturated heterocycles. The highest BCUT2D eigenvalue weighted by Gasteiger charge is 2.23. The molecular formula is C7H10N4O3. The van der Waals surface area contributed by atoms with Crippen molar-refractivity contribution < 1.29 is 14.7 Å². The molecule has 1 rings (SSSR count). The number of tetrazole rings is 1. The normalized spacial score (nSPS) is 11.4. The lowest BCUT2D eigenvalue weighted by atomic mass is 10.1. The van der Waals surface area contributed by atoms with Gasteiger partial charge in [-0.15, -0.1) is 10.2 Å². The van der Waals surface area contributed by atoms with Crippen molar-refractivity contribution >= 4 is 11.8 Å². The highest BCUT2D eigenvalue weighted by atomic mass is 16.4. The summed E-state index contributed by atoms with van der Waals surface area (Å²) in [6.07, 6.45) is 0. The van der Waals surface area contributed by atoms with E-state index in [0.29, 0.717) is 0 Å². The molecule has 0 bridgehead atoms. The fraction of sp³-hybridized carbons (Fsp3) is 0.571. The average Bonchev–Trinajstić information content (AvgIpc) is 2.49. The molecule has 0 aliphatic rings. The van der Waals surface area contributed by atoms with E-state index in [0.717, 1.165) is 0 Å². The van der Waals surface area contributed by atoms with Crippen LogP contribution in [0.4, 0.5) is 0 Å². The summed E-state index contributed by atoms with van der Waals surface area (Å²) in [7, 11) is 0. The molecular weight excluding hydrogens is 188 g/mol. The number of hydrogen-bond acceptors (Lipinski definition) is 5. The van der Waals surface area contributed by atoms with E-state index < -0.39 is 23.1 Å². The van der Waals surface area contributed by atoms with E-state index in [1.165, 1.54) is 4.80 Å². The number of carboxylic acids is 1. The van der Waals surface area contributed by atoms with Crippen LogP contribution in [0, 0.1) is 0 Å². The Labute approximate surface area is 79.7 Å². The van der Waals surface area contributed by atoms with Gasteiger partial charge in [0.1, 0.15) is 0 Å². The summed E-state index contributed by atoms with van der Waals surface area (Å²) in [4.78, 5) is 22.4. The fourth-order valence-corrected chi connectivity index (χ4v) is 0.685. The van der Waals surface area contributed by atoms with Crippen molar-refractivity contribution in [2.75, 3.05) is 0 Å². The van der Waals surface area contributed by atoms with Gasteiger partial charge in [-0.3, -0.25) is 4.79 Å². The first-order valence-corrected chi connectivity index (χ1v) is 3.90. The first kappa shape index (κ1) is 10.3. The standard InChI is InChI=1S/C7H10N4O3/c1-7(2,3)11-9-5(8-10-11)4(12)6(13)14/h1-3H3,(H,13,14). The van der Waals surface area contributed by atoms with Crippen LogP contribution in [0.15, 0.2) is 0 Å². The number of carbonyl (C=O) groups is 2. The molecule has 14 heavy (non-hydrogen) atoms. The highest BCUT2D eigenvalue weighted by Crippen LogP contribution is 2.08. The Morgan fingerprint density at radius 3 is 2.29 bits per heavy atom. The van der Waals surface area contributed by atoms with Gasteiger partial charge in [0.2, 0.25) is 0 Å². The Balaban J connectivity index is 3.00. The first-order valence-electron chi connectivity index (χ1n) is 3.90. The van der Waals surface area contributed by atoms with E-state index in [-0.39, 0.29) is 0 Å². The minimum absolute atomic E-state index is 0.396. The second kappa shape index (κ2) is 3.17. The lowest BCUT2D eigenvalue weighted by molar-refractivity contribution is -0.131. The number of Topliss-reactive ketones (excluding diaryl/α,β-unsaturated/α-hetero) is 1. The predicted molar refractivity (Wildman–Crippen MR) is 44.8 cm³/mol. The van der Waals surface area contributed by atoms with Gasteiger partial charge >= 0.3 is 11.8 Å². The molecule has 76 valence electrons. The summed E-state index contributed by atoms with van der Waals surface area (Å²) >= 11 is 0. The number of aromatic nitrogens is 4. The molecule has 1 aromatic rings. The average molecular weight is 198 g/mol. The van der Waals surface area contributed by atoms with E-state index >= 15 is 0 Å². The van der Waals surface area contributed by atoms with Crippen LogP contribution in [0.5, 0.6) is 0 Å². The van der Waals surface area contributed by atoms with Crippen molar-refractivity contribution in [3.8, 4) is 0 Å². The maximum Gasteiger partial charge on any atom is 0.380 e. The van der Waals surface area contributed by atoms with Gasteiger partial charge in [0.15, 0.2) is 0 Å². The van der Waals surface area contributed by atoms with Crippen LogP contribution < -0.4 is 0 Å². The molecule has 0 atom stereocenters. The summed E-state index contributed by atoms with van der Waals surface area (Å²) in [6, 6.07) is 0. The van der Waals surface area contributed by atoms with Crippen LogP contribution in [-0.4, -0.2) is 37.1 Å². The van der Waals surface area contributed by atoms with Crippen LogP contribution in [0.2, 0.25) is 0 Å². The predicted octanol–water partition coefficient (Wildman–Crippen LogP) is -0.305. The third kappa shape index (κ3) is 1.93. The van der Waals surface area contributed by atoms with Crippen molar-refractivity contribution in [3.63, 3.8) is 0 Å². The summed E-state index contributed by atoms with van der Waals surface area (Å²) in [6.45, 7) is 5.43. The largest absolute Gasteiger partial charge is 0.475 e. The summed E-state index contributed by atoms with van der Waals surface area (Å²) in [5.41, 5.74) is -0.427. The van der Waals surface area contributed by atoms with E-state index in [9.17, 15) is 9.59 Å². The molecule has 7 heteroatoms. The molecule has 1 aromatic heterocycles. The van der Waals surface area contributed by atoms with Gasteiger partial charge in [-0.05, 0) is 26.0 Å². The maximum atomic E-state index is 10.9. The molecule has 0 spiro atoms. The number of carbonyl (C=O) groups excluding carboxylic acids is 1. The smallest absolute Gasteiger partial charge is 0.380 e. The SMILES string of the molecule is CC(C)(C)n1nnc(C(=O)C(=O)O)n1. The number of carboxylic acid groups (broad SMARTS) is 1. The Morgan fingerprint density at radius 1 is 1.36 bits per heavy atom. The molecule has 0 radical (unpaired) electrons. The number of ketones is 1. The lowest BCUT2D eigenvalue weighted by Gasteiger charge is -2.15. The second-order valence-electron chi connectivity index (χ2n) is 3.71. The van der Waals surface area contributed by atoms with Crippen LogP contribution in [0.25, 0.3) is 0 Å². The topological polar surface area (TPSA) is 98.0 Å².